The predicted molar refractivity (Wildman–Crippen MR) is 105 cm³/mol. The van der Waals surface area contributed by atoms with Gasteiger partial charge in [-0.05, 0) is 55.9 Å². The van der Waals surface area contributed by atoms with Crippen molar-refractivity contribution in [1.82, 2.24) is 5.43 Å². The smallest absolute Gasteiger partial charge is 0.191 e. The molecule has 0 saturated carbocycles. The quantitative estimate of drug-likeness (QED) is 0.447. The number of carbonyl (C=O) groups is 1. The molecule has 2 aromatic carbocycles. The minimum atomic E-state index is -1.28. The molecule has 0 unspecified atom stereocenters. The average molecular weight is 391 g/mol. The van der Waals surface area contributed by atoms with E-state index in [2.05, 4.69) is 15.8 Å². The maximum Gasteiger partial charge on any atom is 0.191 e. The molecule has 0 aliphatic heterocycles. The predicted octanol–water partition coefficient (Wildman–Crippen LogP) is 2.49. The highest BCUT2D eigenvalue weighted by Crippen LogP contribution is 2.22. The lowest BCUT2D eigenvalue weighted by molar-refractivity contribution is -0.307. The van der Waals surface area contributed by atoms with Crippen LogP contribution in [0.25, 0.3) is 0 Å². The number of hydrazone groups is 1. The van der Waals surface area contributed by atoms with E-state index < -0.39 is 12.6 Å². The number of aliphatic carboxylic acids is 1. The number of nitrogens with zero attached hydrogens (tertiary/aromatic N) is 1. The third-order valence-corrected chi connectivity index (χ3v) is 4.05. The minimum Gasteiger partial charge on any atom is -0.546 e. The van der Waals surface area contributed by atoms with E-state index in [4.69, 9.17) is 28.6 Å². The highest BCUT2D eigenvalue weighted by Gasteiger charge is 2.05. The van der Waals surface area contributed by atoms with Crippen LogP contribution < -0.4 is 20.6 Å². The number of nitrogens with one attached hydrogen (secondary N) is 2. The lowest BCUT2D eigenvalue weighted by atomic mass is 10.1. The SMILES string of the molecule is C/C(=N/NC(=S)Nc1cccc(Cl)c1C)c1cccc(OCC(=O)[O-])c1. The number of benzene rings is 2. The molecule has 0 radical (unpaired) electrons. The first-order valence-electron chi connectivity index (χ1n) is 7.66. The van der Waals surface area contributed by atoms with E-state index in [1.165, 1.54) is 0 Å². The fraction of sp³-hybridized carbons (Fsp3) is 0.167. The van der Waals surface area contributed by atoms with Crippen LogP contribution in [0.3, 0.4) is 0 Å². The Kier molecular flexibility index (Phi) is 6.94. The number of hydrogen-bond acceptors (Lipinski definition) is 5. The number of hydrogen-bond donors (Lipinski definition) is 2. The van der Waals surface area contributed by atoms with Crippen molar-refractivity contribution in [3.05, 3.63) is 58.6 Å². The molecule has 2 N–H and O–H groups in total. The Bertz CT molecular complexity index is 855. The number of ether oxygens (including phenoxy) is 1. The molecule has 136 valence electrons. The Balaban J connectivity index is 2.01. The lowest BCUT2D eigenvalue weighted by Crippen LogP contribution is -2.29. The third kappa shape index (κ3) is 5.72. The van der Waals surface area contributed by atoms with Crippen LogP contribution in [0.1, 0.15) is 18.1 Å². The first-order valence-corrected chi connectivity index (χ1v) is 8.45. The molecular weight excluding hydrogens is 374 g/mol. The summed E-state index contributed by atoms with van der Waals surface area (Å²) in [5.41, 5.74) is 5.85. The molecule has 0 saturated heterocycles. The van der Waals surface area contributed by atoms with Gasteiger partial charge < -0.3 is 20.0 Å². The number of carboxylic acids is 1. The molecule has 0 bridgehead atoms. The van der Waals surface area contributed by atoms with Crippen LogP contribution in [0.2, 0.25) is 5.02 Å². The van der Waals surface area contributed by atoms with Crippen molar-refractivity contribution in [3.8, 4) is 5.75 Å². The number of halogens is 1. The summed E-state index contributed by atoms with van der Waals surface area (Å²) in [5.74, 6) is -0.869. The summed E-state index contributed by atoms with van der Waals surface area (Å²) in [5, 5.41) is 18.7. The second-order valence-corrected chi connectivity index (χ2v) is 6.18. The van der Waals surface area contributed by atoms with E-state index in [1.807, 2.05) is 25.1 Å². The van der Waals surface area contributed by atoms with Gasteiger partial charge in [-0.3, -0.25) is 5.43 Å². The van der Waals surface area contributed by atoms with Gasteiger partial charge in [0.05, 0.1) is 11.7 Å². The van der Waals surface area contributed by atoms with Crippen LogP contribution in [-0.2, 0) is 4.79 Å². The summed E-state index contributed by atoms with van der Waals surface area (Å²) in [6.45, 7) is 3.17. The number of carboxylic acid groups (broad SMARTS) is 1. The van der Waals surface area contributed by atoms with Gasteiger partial charge in [0, 0.05) is 16.3 Å². The monoisotopic (exact) mass is 390 g/mol. The Morgan fingerprint density at radius 3 is 2.77 bits per heavy atom. The largest absolute Gasteiger partial charge is 0.546 e. The van der Waals surface area contributed by atoms with E-state index in [0.29, 0.717) is 21.6 Å². The van der Waals surface area contributed by atoms with Gasteiger partial charge in [0.25, 0.3) is 0 Å². The molecule has 0 atom stereocenters. The van der Waals surface area contributed by atoms with Crippen molar-refractivity contribution in [1.29, 1.82) is 0 Å². The normalized spacial score (nSPS) is 11.0. The second kappa shape index (κ2) is 9.17. The molecule has 26 heavy (non-hydrogen) atoms. The average Bonchev–Trinajstić information content (AvgIpc) is 2.62. The van der Waals surface area contributed by atoms with Gasteiger partial charge in [0.15, 0.2) is 5.11 Å². The van der Waals surface area contributed by atoms with E-state index >= 15 is 0 Å². The molecule has 2 aromatic rings. The second-order valence-electron chi connectivity index (χ2n) is 5.36. The van der Waals surface area contributed by atoms with Gasteiger partial charge in [-0.15, -0.1) is 0 Å². The molecule has 0 aromatic heterocycles. The third-order valence-electron chi connectivity index (χ3n) is 3.45. The van der Waals surface area contributed by atoms with Gasteiger partial charge >= 0.3 is 0 Å². The standard InChI is InChI=1S/C18H18ClN3O3S/c1-11-15(19)7-4-8-16(11)20-18(26)22-21-12(2)13-5-3-6-14(9-13)25-10-17(23)24/h3-9H,10H2,1-2H3,(H,23,24)(H2,20,22,26)/p-1/b21-12-. The van der Waals surface area contributed by atoms with Crippen molar-refractivity contribution in [2.75, 3.05) is 11.9 Å². The molecule has 0 aliphatic carbocycles. The van der Waals surface area contributed by atoms with E-state index in [9.17, 15) is 9.90 Å². The van der Waals surface area contributed by atoms with E-state index in [1.54, 1.807) is 31.2 Å². The fourth-order valence-electron chi connectivity index (χ4n) is 2.05. The van der Waals surface area contributed by atoms with Gasteiger partial charge in [-0.2, -0.15) is 5.10 Å². The molecule has 2 rings (SSSR count). The zero-order valence-electron chi connectivity index (χ0n) is 14.2. The molecule has 0 aliphatic rings. The van der Waals surface area contributed by atoms with Crippen LogP contribution in [0.5, 0.6) is 5.75 Å². The minimum absolute atomic E-state index is 0.319. The highest BCUT2D eigenvalue weighted by molar-refractivity contribution is 7.80. The number of thiocarbonyl (C=S) groups is 1. The number of carbonyl (C=O) groups excluding carboxylic acids is 1. The van der Waals surface area contributed by atoms with Gasteiger partial charge in [-0.25, -0.2) is 0 Å². The zero-order chi connectivity index (χ0) is 19.1. The number of rotatable bonds is 6. The molecule has 0 heterocycles. The highest BCUT2D eigenvalue weighted by atomic mass is 35.5. The van der Waals surface area contributed by atoms with Crippen LogP contribution >= 0.6 is 23.8 Å². The van der Waals surface area contributed by atoms with Crippen molar-refractivity contribution < 1.29 is 14.6 Å². The summed E-state index contributed by atoms with van der Waals surface area (Å²) in [6, 6.07) is 12.4. The maximum absolute atomic E-state index is 10.5. The lowest BCUT2D eigenvalue weighted by Gasteiger charge is -2.12. The Morgan fingerprint density at radius 2 is 2.04 bits per heavy atom. The van der Waals surface area contributed by atoms with Crippen LogP contribution in [-0.4, -0.2) is 23.4 Å². The first kappa shape index (κ1) is 19.7. The Labute approximate surface area is 161 Å². The first-order chi connectivity index (χ1) is 12.4. The molecule has 8 heteroatoms. The van der Waals surface area contributed by atoms with Crippen molar-refractivity contribution in [2.24, 2.45) is 5.10 Å². The summed E-state index contributed by atoms with van der Waals surface area (Å²) in [4.78, 5) is 10.5. The van der Waals surface area contributed by atoms with Crippen LogP contribution in [0.4, 0.5) is 5.69 Å². The van der Waals surface area contributed by atoms with E-state index in [-0.39, 0.29) is 0 Å². The summed E-state index contributed by atoms with van der Waals surface area (Å²) >= 11 is 11.3. The summed E-state index contributed by atoms with van der Waals surface area (Å²) in [6.07, 6.45) is 0. The van der Waals surface area contributed by atoms with Gasteiger partial charge in [-0.1, -0.05) is 29.8 Å². The molecule has 0 amide bonds. The zero-order valence-corrected chi connectivity index (χ0v) is 15.8. The van der Waals surface area contributed by atoms with Crippen molar-refractivity contribution in [2.45, 2.75) is 13.8 Å². The molecule has 6 nitrogen and oxygen atoms in total. The Hall–Kier alpha value is -2.64. The van der Waals surface area contributed by atoms with E-state index in [0.717, 1.165) is 16.8 Å². The summed E-state index contributed by atoms with van der Waals surface area (Å²) < 4.78 is 5.10. The Morgan fingerprint density at radius 1 is 1.31 bits per heavy atom. The maximum atomic E-state index is 10.5. The number of anilines is 1. The van der Waals surface area contributed by atoms with Crippen LogP contribution in [0, 0.1) is 6.92 Å². The van der Waals surface area contributed by atoms with Gasteiger partial charge in [0.2, 0.25) is 0 Å². The fourth-order valence-corrected chi connectivity index (χ4v) is 2.38. The molecule has 0 fully saturated rings. The topological polar surface area (TPSA) is 85.8 Å². The van der Waals surface area contributed by atoms with Crippen molar-refractivity contribution in [3.63, 3.8) is 0 Å². The summed E-state index contributed by atoms with van der Waals surface area (Å²) in [7, 11) is 0. The van der Waals surface area contributed by atoms with Crippen molar-refractivity contribution >= 4 is 46.3 Å². The van der Waals surface area contributed by atoms with Crippen LogP contribution in [0.15, 0.2) is 47.6 Å². The molecule has 0 spiro atoms. The van der Waals surface area contributed by atoms with Gasteiger partial charge in [0.1, 0.15) is 12.4 Å². The molecular formula is C18H17ClN3O3S-.